The quantitative estimate of drug-likeness (QED) is 0.0947. The van der Waals surface area contributed by atoms with Crippen molar-refractivity contribution in [1.82, 2.24) is 0 Å². The number of hydrogen-bond donors (Lipinski definition) is 0. The first kappa shape index (κ1) is 29.1. The average molecular weight is 464 g/mol. The number of hydrogen-bond acceptors (Lipinski definition) is 5. The zero-order valence-electron chi connectivity index (χ0n) is 21.2. The van der Waals surface area contributed by atoms with Crippen LogP contribution in [0.5, 0.6) is 0 Å². The Balaban J connectivity index is 2.07. The molecule has 0 aromatic rings. The summed E-state index contributed by atoms with van der Waals surface area (Å²) >= 11 is 0. The predicted molar refractivity (Wildman–Crippen MR) is 130 cm³/mol. The van der Waals surface area contributed by atoms with Crippen molar-refractivity contribution in [2.24, 2.45) is 0 Å². The Morgan fingerprint density at radius 3 is 2.18 bits per heavy atom. The van der Waals surface area contributed by atoms with Crippen LogP contribution in [0.4, 0.5) is 0 Å². The van der Waals surface area contributed by atoms with Gasteiger partial charge in [-0.2, -0.15) is 0 Å². The molecule has 1 rings (SSSR count). The topological polar surface area (TPSA) is 79.0 Å². The maximum Gasteiger partial charge on any atom is 0.306 e. The number of likely N-dealkylation sites (N-methyl/N-ethyl adjacent to an activating group) is 1. The minimum Gasteiger partial charge on any atom is -0.550 e. The van der Waals surface area contributed by atoms with Gasteiger partial charge in [-0.15, -0.1) is 0 Å². The second-order valence-electron chi connectivity index (χ2n) is 9.88. The second kappa shape index (κ2) is 16.7. The number of esters is 1. The van der Waals surface area contributed by atoms with Gasteiger partial charge in [0.1, 0.15) is 6.54 Å². The first-order valence-electron chi connectivity index (χ1n) is 12.5. The van der Waals surface area contributed by atoms with Gasteiger partial charge in [-0.1, -0.05) is 56.2 Å². The molecule has 0 N–H and O–H groups in total. The van der Waals surface area contributed by atoms with Crippen LogP contribution in [-0.2, 0) is 19.1 Å². The third-order valence-electron chi connectivity index (χ3n) is 5.37. The number of unbranched alkanes of at least 4 members (excludes halogenated alkanes) is 4. The van der Waals surface area contributed by atoms with Crippen LogP contribution in [0.3, 0.4) is 0 Å². The van der Waals surface area contributed by atoms with Crippen LogP contribution >= 0.6 is 0 Å². The molecule has 1 aliphatic heterocycles. The van der Waals surface area contributed by atoms with Gasteiger partial charge in [0.05, 0.1) is 33.4 Å². The molecule has 1 aliphatic rings. The Hall–Kier alpha value is -1.92. The lowest BCUT2D eigenvalue weighted by molar-refractivity contribution is -0.873. The molecule has 33 heavy (non-hydrogen) atoms. The Kier molecular flexibility index (Phi) is 14.7. The lowest BCUT2D eigenvalue weighted by Crippen LogP contribution is -2.45. The van der Waals surface area contributed by atoms with Crippen molar-refractivity contribution >= 4 is 11.9 Å². The van der Waals surface area contributed by atoms with E-state index >= 15 is 0 Å². The van der Waals surface area contributed by atoms with E-state index in [2.05, 4.69) is 43.4 Å². The molecule has 188 valence electrons. The van der Waals surface area contributed by atoms with Crippen molar-refractivity contribution in [3.8, 4) is 0 Å². The Morgan fingerprint density at radius 2 is 1.55 bits per heavy atom. The molecule has 6 nitrogen and oxygen atoms in total. The van der Waals surface area contributed by atoms with Crippen LogP contribution in [0.1, 0.15) is 77.6 Å². The monoisotopic (exact) mass is 463 g/mol. The lowest BCUT2D eigenvalue weighted by atomic mass is 10.1. The predicted octanol–water partition coefficient (Wildman–Crippen LogP) is 4.10. The SMILES string of the molecule is CCCCC/C=C/CC1OC1C/C=C/C/C=C/CCCC(=O)OC(CC(=O)[O-])C[N+](C)(C)C. The molecule has 3 unspecified atom stereocenters. The Bertz CT molecular complexity index is 647. The van der Waals surface area contributed by atoms with Gasteiger partial charge in [-0.25, -0.2) is 0 Å². The number of rotatable bonds is 19. The fourth-order valence-corrected chi connectivity index (χ4v) is 3.62. The number of ether oxygens (including phenoxy) is 2. The van der Waals surface area contributed by atoms with Crippen LogP contribution in [0, 0.1) is 0 Å². The van der Waals surface area contributed by atoms with Crippen molar-refractivity contribution in [3.63, 3.8) is 0 Å². The zero-order chi connectivity index (χ0) is 24.5. The Labute approximate surface area is 200 Å². The average Bonchev–Trinajstić information content (AvgIpc) is 3.45. The number of nitrogens with zero attached hydrogens (tertiary/aromatic N) is 1. The van der Waals surface area contributed by atoms with Crippen molar-refractivity contribution in [2.75, 3.05) is 27.7 Å². The first-order chi connectivity index (χ1) is 15.7. The molecule has 0 bridgehead atoms. The summed E-state index contributed by atoms with van der Waals surface area (Å²) < 4.78 is 11.6. The highest BCUT2D eigenvalue weighted by Gasteiger charge is 2.35. The summed E-state index contributed by atoms with van der Waals surface area (Å²) in [5.41, 5.74) is 0. The molecule has 1 heterocycles. The van der Waals surface area contributed by atoms with Crippen LogP contribution in [0.15, 0.2) is 36.5 Å². The number of carbonyl (C=O) groups is 2. The van der Waals surface area contributed by atoms with Gasteiger partial charge in [-0.3, -0.25) is 4.79 Å². The number of aliphatic carboxylic acids is 1. The van der Waals surface area contributed by atoms with E-state index < -0.39 is 12.1 Å². The summed E-state index contributed by atoms with van der Waals surface area (Å²) in [5, 5.41) is 10.9. The minimum atomic E-state index is -1.20. The molecule has 0 aromatic heterocycles. The maximum atomic E-state index is 12.0. The summed E-state index contributed by atoms with van der Waals surface area (Å²) in [5.74, 6) is -1.55. The van der Waals surface area contributed by atoms with Gasteiger partial charge in [0.25, 0.3) is 0 Å². The lowest BCUT2D eigenvalue weighted by Gasteiger charge is -2.29. The molecule has 0 aromatic carbocycles. The van der Waals surface area contributed by atoms with Crippen LogP contribution in [0.2, 0.25) is 0 Å². The van der Waals surface area contributed by atoms with E-state index in [1.165, 1.54) is 25.7 Å². The minimum absolute atomic E-state index is 0.268. The third kappa shape index (κ3) is 17.3. The van der Waals surface area contributed by atoms with E-state index in [0.29, 0.717) is 29.7 Å². The van der Waals surface area contributed by atoms with Gasteiger partial charge in [-0.05, 0) is 44.9 Å². The molecule has 0 spiro atoms. The normalized spacial score (nSPS) is 19.5. The third-order valence-corrected chi connectivity index (χ3v) is 5.37. The molecule has 3 atom stereocenters. The van der Waals surface area contributed by atoms with Gasteiger partial charge >= 0.3 is 5.97 Å². The number of quaternary nitrogens is 1. The van der Waals surface area contributed by atoms with E-state index in [1.54, 1.807) is 0 Å². The molecule has 0 aliphatic carbocycles. The van der Waals surface area contributed by atoms with E-state index in [4.69, 9.17) is 9.47 Å². The highest BCUT2D eigenvalue weighted by Crippen LogP contribution is 2.29. The smallest absolute Gasteiger partial charge is 0.306 e. The molecule has 0 radical (unpaired) electrons. The molecular weight excluding hydrogens is 418 g/mol. The fourth-order valence-electron chi connectivity index (χ4n) is 3.62. The number of carboxylic acids is 1. The highest BCUT2D eigenvalue weighted by molar-refractivity contribution is 5.70. The standard InChI is InChI=1S/C27H45NO5/c1-5-6-7-8-12-15-18-24-25(33-24)19-16-13-10-9-11-14-17-20-27(31)32-23(21-26(29)30)22-28(2,3)4/h9,11-13,15-16,23-25H,5-8,10,14,17-22H2,1-4H3/b11-9+,15-12+,16-13+. The van der Waals surface area contributed by atoms with Crippen molar-refractivity contribution in [1.29, 1.82) is 0 Å². The summed E-state index contributed by atoms with van der Waals surface area (Å²) in [7, 11) is 5.79. The van der Waals surface area contributed by atoms with Crippen molar-refractivity contribution in [3.05, 3.63) is 36.5 Å². The maximum absolute atomic E-state index is 12.0. The molecule has 6 heteroatoms. The zero-order valence-corrected chi connectivity index (χ0v) is 21.2. The van der Waals surface area contributed by atoms with Crippen molar-refractivity contribution in [2.45, 2.75) is 95.9 Å². The van der Waals surface area contributed by atoms with Gasteiger partial charge < -0.3 is 23.9 Å². The molecule has 1 fully saturated rings. The highest BCUT2D eigenvalue weighted by atomic mass is 16.6. The summed E-state index contributed by atoms with van der Waals surface area (Å²) in [4.78, 5) is 22.9. The van der Waals surface area contributed by atoms with Gasteiger partial charge in [0.15, 0.2) is 6.10 Å². The molecule has 0 amide bonds. The van der Waals surface area contributed by atoms with E-state index in [-0.39, 0.29) is 18.8 Å². The number of carboxylic acid groups (broad SMARTS) is 1. The summed E-state index contributed by atoms with van der Waals surface area (Å²) in [6, 6.07) is 0. The van der Waals surface area contributed by atoms with Gasteiger partial charge in [0, 0.05) is 18.8 Å². The molecule has 0 saturated carbocycles. The fraction of sp³-hybridized carbons (Fsp3) is 0.704. The molecule has 1 saturated heterocycles. The van der Waals surface area contributed by atoms with Gasteiger partial charge in [0.2, 0.25) is 0 Å². The van der Waals surface area contributed by atoms with Crippen LogP contribution < -0.4 is 5.11 Å². The van der Waals surface area contributed by atoms with Crippen LogP contribution in [-0.4, -0.2) is 62.4 Å². The van der Waals surface area contributed by atoms with Crippen LogP contribution in [0.25, 0.3) is 0 Å². The summed E-state index contributed by atoms with van der Waals surface area (Å²) in [6.45, 7) is 2.66. The molecular formula is C27H45NO5. The number of epoxide rings is 1. The largest absolute Gasteiger partial charge is 0.550 e. The van der Waals surface area contributed by atoms with E-state index in [0.717, 1.165) is 25.7 Å². The number of carbonyl (C=O) groups excluding carboxylic acids is 2. The Morgan fingerprint density at radius 1 is 0.939 bits per heavy atom. The second-order valence-corrected chi connectivity index (χ2v) is 9.88. The van der Waals surface area contributed by atoms with Crippen molar-refractivity contribution < 1.29 is 28.7 Å². The summed E-state index contributed by atoms with van der Waals surface area (Å²) in [6.07, 6.45) is 22.6. The van der Waals surface area contributed by atoms with E-state index in [9.17, 15) is 14.7 Å². The van der Waals surface area contributed by atoms with E-state index in [1.807, 2.05) is 21.1 Å². The first-order valence-corrected chi connectivity index (χ1v) is 12.5. The number of allylic oxidation sites excluding steroid dienone is 4.